The molecule has 0 aliphatic heterocycles. The van der Waals surface area contributed by atoms with Crippen LogP contribution in [0.25, 0.3) is 0 Å². The van der Waals surface area contributed by atoms with Crippen molar-refractivity contribution in [3.63, 3.8) is 0 Å². The second-order valence-corrected chi connectivity index (χ2v) is 4.03. The number of para-hydroxylation sites is 1. The van der Waals surface area contributed by atoms with Crippen LogP contribution in [-0.2, 0) is 6.42 Å². The molecule has 1 aromatic carbocycles. The molecule has 2 aromatic rings. The Morgan fingerprint density at radius 3 is 2.79 bits per heavy atom. The number of hydrogen-bond acceptors (Lipinski definition) is 4. The number of nitrogens with one attached hydrogen (secondary N) is 1. The Morgan fingerprint density at radius 2 is 2.11 bits per heavy atom. The summed E-state index contributed by atoms with van der Waals surface area (Å²) in [6.07, 6.45) is 2.41. The third kappa shape index (κ3) is 3.46. The number of rotatable bonds is 5. The van der Waals surface area contributed by atoms with E-state index in [-0.39, 0.29) is 0 Å². The van der Waals surface area contributed by atoms with Gasteiger partial charge in [-0.05, 0) is 30.2 Å². The molecule has 0 fully saturated rings. The predicted octanol–water partition coefficient (Wildman–Crippen LogP) is 2.62. The van der Waals surface area contributed by atoms with Crippen molar-refractivity contribution >= 4 is 5.82 Å². The highest BCUT2D eigenvalue weighted by Gasteiger charge is 2.01. The van der Waals surface area contributed by atoms with Crippen LogP contribution >= 0.6 is 0 Å². The number of pyridine rings is 1. The molecule has 0 saturated carbocycles. The van der Waals surface area contributed by atoms with Crippen LogP contribution in [0.15, 0.2) is 42.6 Å². The second-order valence-electron chi connectivity index (χ2n) is 4.03. The van der Waals surface area contributed by atoms with E-state index in [0.29, 0.717) is 5.56 Å². The van der Waals surface area contributed by atoms with E-state index in [1.54, 1.807) is 25.4 Å². The van der Waals surface area contributed by atoms with Gasteiger partial charge in [0.1, 0.15) is 17.6 Å². The van der Waals surface area contributed by atoms with Gasteiger partial charge >= 0.3 is 0 Å². The molecule has 4 nitrogen and oxygen atoms in total. The second kappa shape index (κ2) is 6.41. The van der Waals surface area contributed by atoms with E-state index >= 15 is 0 Å². The maximum atomic E-state index is 8.69. The zero-order valence-electron chi connectivity index (χ0n) is 10.8. The summed E-state index contributed by atoms with van der Waals surface area (Å²) in [6, 6.07) is 13.6. The summed E-state index contributed by atoms with van der Waals surface area (Å²) in [7, 11) is 1.68. The van der Waals surface area contributed by atoms with Gasteiger partial charge in [0.15, 0.2) is 0 Å². The Bertz CT molecular complexity index is 573. The fraction of sp³-hybridized carbons (Fsp3) is 0.200. The highest BCUT2D eigenvalue weighted by Crippen LogP contribution is 2.17. The number of aromatic nitrogens is 1. The van der Waals surface area contributed by atoms with Crippen molar-refractivity contribution < 1.29 is 4.74 Å². The number of nitrogens with zero attached hydrogens (tertiary/aromatic N) is 2. The Morgan fingerprint density at radius 1 is 1.26 bits per heavy atom. The molecule has 0 aliphatic rings. The average Bonchev–Trinajstić information content (AvgIpc) is 2.48. The first-order valence-electron chi connectivity index (χ1n) is 6.05. The average molecular weight is 253 g/mol. The normalized spacial score (nSPS) is 9.68. The minimum Gasteiger partial charge on any atom is -0.496 e. The third-order valence-electron chi connectivity index (χ3n) is 2.79. The Kier molecular flexibility index (Phi) is 4.35. The van der Waals surface area contributed by atoms with Gasteiger partial charge in [0.2, 0.25) is 0 Å². The van der Waals surface area contributed by atoms with Crippen molar-refractivity contribution in [2.45, 2.75) is 6.42 Å². The predicted molar refractivity (Wildman–Crippen MR) is 74.1 cm³/mol. The van der Waals surface area contributed by atoms with Gasteiger partial charge < -0.3 is 10.1 Å². The largest absolute Gasteiger partial charge is 0.496 e. The van der Waals surface area contributed by atoms with E-state index in [0.717, 1.165) is 30.1 Å². The smallest absolute Gasteiger partial charge is 0.125 e. The summed E-state index contributed by atoms with van der Waals surface area (Å²) in [5.74, 6) is 1.67. The van der Waals surface area contributed by atoms with Crippen molar-refractivity contribution in [3.05, 3.63) is 53.7 Å². The molecule has 0 amide bonds. The van der Waals surface area contributed by atoms with E-state index in [1.165, 1.54) is 0 Å². The maximum absolute atomic E-state index is 8.69. The summed E-state index contributed by atoms with van der Waals surface area (Å²) in [5, 5.41) is 11.9. The Labute approximate surface area is 112 Å². The van der Waals surface area contributed by atoms with Gasteiger partial charge in [-0.15, -0.1) is 0 Å². The highest BCUT2D eigenvalue weighted by atomic mass is 16.5. The first kappa shape index (κ1) is 12.9. The zero-order chi connectivity index (χ0) is 13.5. The number of ether oxygens (including phenoxy) is 1. The van der Waals surface area contributed by atoms with Crippen LogP contribution in [0.3, 0.4) is 0 Å². The lowest BCUT2D eigenvalue weighted by atomic mass is 10.1. The number of hydrogen-bond donors (Lipinski definition) is 1. The topological polar surface area (TPSA) is 57.9 Å². The standard InChI is InChI=1S/C15H15N3O/c1-19-14-5-3-2-4-13(14)8-9-17-15-7-6-12(10-16)11-18-15/h2-7,11H,8-9H2,1H3,(H,17,18). The monoisotopic (exact) mass is 253 g/mol. The summed E-state index contributed by atoms with van der Waals surface area (Å²) in [5.41, 5.74) is 1.72. The first-order chi connectivity index (χ1) is 9.33. The molecule has 0 saturated heterocycles. The van der Waals surface area contributed by atoms with E-state index in [9.17, 15) is 0 Å². The fourth-order valence-corrected chi connectivity index (χ4v) is 1.80. The molecule has 0 bridgehead atoms. The maximum Gasteiger partial charge on any atom is 0.125 e. The van der Waals surface area contributed by atoms with Crippen molar-refractivity contribution in [2.24, 2.45) is 0 Å². The van der Waals surface area contributed by atoms with E-state index in [2.05, 4.69) is 10.3 Å². The summed E-state index contributed by atoms with van der Waals surface area (Å²) in [4.78, 5) is 4.16. The van der Waals surface area contributed by atoms with Gasteiger partial charge in [0, 0.05) is 12.7 Å². The van der Waals surface area contributed by atoms with Gasteiger partial charge in [-0.25, -0.2) is 4.98 Å². The van der Waals surface area contributed by atoms with E-state index < -0.39 is 0 Å². The molecule has 1 N–H and O–H groups in total. The number of anilines is 1. The van der Waals surface area contributed by atoms with E-state index in [4.69, 9.17) is 10.00 Å². The molecular formula is C15H15N3O. The molecule has 0 aliphatic carbocycles. The van der Waals surface area contributed by atoms with Crippen LogP contribution < -0.4 is 10.1 Å². The molecule has 96 valence electrons. The SMILES string of the molecule is COc1ccccc1CCNc1ccc(C#N)cn1. The molecule has 19 heavy (non-hydrogen) atoms. The molecule has 0 spiro atoms. The lowest BCUT2D eigenvalue weighted by molar-refractivity contribution is 0.410. The molecule has 1 heterocycles. The summed E-state index contributed by atoms with van der Waals surface area (Å²) < 4.78 is 5.30. The minimum atomic E-state index is 0.565. The van der Waals surface area contributed by atoms with Crippen molar-refractivity contribution in [2.75, 3.05) is 19.0 Å². The van der Waals surface area contributed by atoms with Crippen LogP contribution in [-0.4, -0.2) is 18.6 Å². The van der Waals surface area contributed by atoms with Crippen LogP contribution in [0.1, 0.15) is 11.1 Å². The van der Waals surface area contributed by atoms with Crippen molar-refractivity contribution in [3.8, 4) is 11.8 Å². The van der Waals surface area contributed by atoms with Gasteiger partial charge in [-0.1, -0.05) is 18.2 Å². The first-order valence-corrected chi connectivity index (χ1v) is 6.05. The highest BCUT2D eigenvalue weighted by molar-refractivity contribution is 5.40. The van der Waals surface area contributed by atoms with Gasteiger partial charge in [0.25, 0.3) is 0 Å². The number of benzene rings is 1. The van der Waals surface area contributed by atoms with Crippen molar-refractivity contribution in [1.82, 2.24) is 4.98 Å². The minimum absolute atomic E-state index is 0.565. The zero-order valence-corrected chi connectivity index (χ0v) is 10.8. The third-order valence-corrected chi connectivity index (χ3v) is 2.79. The number of methoxy groups -OCH3 is 1. The van der Waals surface area contributed by atoms with Crippen LogP contribution in [0.5, 0.6) is 5.75 Å². The number of nitriles is 1. The molecule has 0 unspecified atom stereocenters. The fourth-order valence-electron chi connectivity index (χ4n) is 1.80. The van der Waals surface area contributed by atoms with Gasteiger partial charge in [0.05, 0.1) is 12.7 Å². The molecule has 4 heteroatoms. The lowest BCUT2D eigenvalue weighted by Crippen LogP contribution is -2.07. The van der Waals surface area contributed by atoms with Crippen LogP contribution in [0.2, 0.25) is 0 Å². The van der Waals surface area contributed by atoms with E-state index in [1.807, 2.05) is 30.3 Å². The summed E-state index contributed by atoms with van der Waals surface area (Å²) >= 11 is 0. The van der Waals surface area contributed by atoms with Crippen LogP contribution in [0, 0.1) is 11.3 Å². The van der Waals surface area contributed by atoms with Crippen molar-refractivity contribution in [1.29, 1.82) is 5.26 Å². The molecular weight excluding hydrogens is 238 g/mol. The summed E-state index contributed by atoms with van der Waals surface area (Å²) in [6.45, 7) is 0.763. The van der Waals surface area contributed by atoms with Gasteiger partial charge in [-0.2, -0.15) is 5.26 Å². The Hall–Kier alpha value is -2.54. The quantitative estimate of drug-likeness (QED) is 0.889. The van der Waals surface area contributed by atoms with Gasteiger partial charge in [-0.3, -0.25) is 0 Å². The molecule has 0 atom stereocenters. The van der Waals surface area contributed by atoms with Crippen LogP contribution in [0.4, 0.5) is 5.82 Å². The lowest BCUT2D eigenvalue weighted by Gasteiger charge is -2.09. The Balaban J connectivity index is 1.91. The molecule has 1 aromatic heterocycles. The molecule has 0 radical (unpaired) electrons. The molecule has 2 rings (SSSR count).